The SMILES string of the molecule is COC(=O)C(Br)CN1Cc2ccccc2C1=O. The topological polar surface area (TPSA) is 46.6 Å². The molecule has 90 valence electrons. The number of ether oxygens (including phenoxy) is 1. The number of alkyl halides is 1. The monoisotopic (exact) mass is 297 g/mol. The van der Waals surface area contributed by atoms with E-state index in [2.05, 4.69) is 20.7 Å². The van der Waals surface area contributed by atoms with E-state index in [9.17, 15) is 9.59 Å². The highest BCUT2D eigenvalue weighted by Crippen LogP contribution is 2.23. The number of benzene rings is 1. The summed E-state index contributed by atoms with van der Waals surface area (Å²) in [5, 5.41) is 0. The van der Waals surface area contributed by atoms with Gasteiger partial charge in [-0.3, -0.25) is 9.59 Å². The van der Waals surface area contributed by atoms with E-state index in [1.54, 1.807) is 11.0 Å². The van der Waals surface area contributed by atoms with Gasteiger partial charge in [0.25, 0.3) is 5.91 Å². The molecule has 5 heteroatoms. The number of esters is 1. The van der Waals surface area contributed by atoms with Gasteiger partial charge in [0.1, 0.15) is 4.83 Å². The van der Waals surface area contributed by atoms with Gasteiger partial charge in [-0.1, -0.05) is 34.1 Å². The maximum atomic E-state index is 12.0. The molecule has 1 amide bonds. The summed E-state index contributed by atoms with van der Waals surface area (Å²) >= 11 is 3.22. The van der Waals surface area contributed by atoms with Crippen LogP contribution in [0.3, 0.4) is 0 Å². The Kier molecular flexibility index (Phi) is 3.47. The molecule has 1 aliphatic rings. The molecule has 0 fully saturated rings. The van der Waals surface area contributed by atoms with Crippen LogP contribution in [0.1, 0.15) is 15.9 Å². The molecule has 1 aromatic carbocycles. The Balaban J connectivity index is 2.08. The Bertz CT molecular complexity index is 461. The van der Waals surface area contributed by atoms with Gasteiger partial charge >= 0.3 is 5.97 Å². The molecule has 4 nitrogen and oxygen atoms in total. The number of rotatable bonds is 3. The molecule has 17 heavy (non-hydrogen) atoms. The molecule has 1 unspecified atom stereocenters. The van der Waals surface area contributed by atoms with Crippen molar-refractivity contribution in [2.45, 2.75) is 11.4 Å². The van der Waals surface area contributed by atoms with Gasteiger partial charge in [0.2, 0.25) is 0 Å². The Morgan fingerprint density at radius 1 is 1.53 bits per heavy atom. The van der Waals surface area contributed by atoms with Crippen LogP contribution in [0.2, 0.25) is 0 Å². The molecule has 1 atom stereocenters. The summed E-state index contributed by atoms with van der Waals surface area (Å²) in [6.45, 7) is 0.869. The first-order chi connectivity index (χ1) is 8.13. The number of nitrogens with zero attached hydrogens (tertiary/aromatic N) is 1. The summed E-state index contributed by atoms with van der Waals surface area (Å²) in [6.07, 6.45) is 0. The molecule has 0 aliphatic carbocycles. The van der Waals surface area contributed by atoms with E-state index in [-0.39, 0.29) is 11.9 Å². The zero-order valence-electron chi connectivity index (χ0n) is 9.35. The van der Waals surface area contributed by atoms with Crippen molar-refractivity contribution in [3.05, 3.63) is 35.4 Å². The first-order valence-corrected chi connectivity index (χ1v) is 6.14. The van der Waals surface area contributed by atoms with Crippen LogP contribution >= 0.6 is 15.9 Å². The van der Waals surface area contributed by atoms with Crippen molar-refractivity contribution < 1.29 is 14.3 Å². The number of carbonyl (C=O) groups excluding carboxylic acids is 2. The Hall–Kier alpha value is -1.36. The normalized spacial score (nSPS) is 15.6. The lowest BCUT2D eigenvalue weighted by Crippen LogP contribution is -2.34. The number of methoxy groups -OCH3 is 1. The summed E-state index contributed by atoms with van der Waals surface area (Å²) in [7, 11) is 1.33. The van der Waals surface area contributed by atoms with E-state index in [0.29, 0.717) is 13.1 Å². The van der Waals surface area contributed by atoms with Gasteiger partial charge < -0.3 is 9.64 Å². The van der Waals surface area contributed by atoms with E-state index < -0.39 is 4.83 Å². The molecule has 0 bridgehead atoms. The summed E-state index contributed by atoms with van der Waals surface area (Å²) < 4.78 is 4.61. The Morgan fingerprint density at radius 3 is 2.88 bits per heavy atom. The fourth-order valence-corrected chi connectivity index (χ4v) is 2.39. The molecule has 0 aromatic heterocycles. The smallest absolute Gasteiger partial charge is 0.321 e. The molecular weight excluding hydrogens is 286 g/mol. The molecule has 0 saturated carbocycles. The quantitative estimate of drug-likeness (QED) is 0.629. The lowest BCUT2D eigenvalue weighted by Gasteiger charge is -2.18. The first-order valence-electron chi connectivity index (χ1n) is 5.22. The zero-order chi connectivity index (χ0) is 12.4. The van der Waals surface area contributed by atoms with Gasteiger partial charge in [-0.2, -0.15) is 0 Å². The van der Waals surface area contributed by atoms with Gasteiger partial charge in [-0.05, 0) is 11.6 Å². The number of halogens is 1. The summed E-state index contributed by atoms with van der Waals surface area (Å²) in [5.41, 5.74) is 1.72. The average molecular weight is 298 g/mol. The van der Waals surface area contributed by atoms with Crippen molar-refractivity contribution >= 4 is 27.8 Å². The van der Waals surface area contributed by atoms with Crippen LogP contribution in [-0.4, -0.2) is 35.3 Å². The van der Waals surface area contributed by atoms with Crippen molar-refractivity contribution in [3.63, 3.8) is 0 Å². The predicted octanol–water partition coefficient (Wildman–Crippen LogP) is 1.58. The molecule has 2 rings (SSSR count). The van der Waals surface area contributed by atoms with Crippen LogP contribution < -0.4 is 0 Å². The average Bonchev–Trinajstić information content (AvgIpc) is 2.66. The van der Waals surface area contributed by atoms with Crippen LogP contribution in [0.25, 0.3) is 0 Å². The number of hydrogen-bond donors (Lipinski definition) is 0. The van der Waals surface area contributed by atoms with E-state index in [0.717, 1.165) is 11.1 Å². The molecule has 0 radical (unpaired) electrons. The van der Waals surface area contributed by atoms with Crippen molar-refractivity contribution in [2.75, 3.05) is 13.7 Å². The van der Waals surface area contributed by atoms with E-state index in [4.69, 9.17) is 0 Å². The lowest BCUT2D eigenvalue weighted by atomic mass is 10.1. The first kappa shape index (κ1) is 12.1. The molecule has 0 spiro atoms. The minimum atomic E-state index is -0.481. The second-order valence-corrected chi connectivity index (χ2v) is 4.94. The van der Waals surface area contributed by atoms with E-state index in [1.807, 2.05) is 18.2 Å². The standard InChI is InChI=1S/C12H12BrNO3/c1-17-12(16)10(13)7-14-6-8-4-2-3-5-9(8)11(14)15/h2-5,10H,6-7H2,1H3. The van der Waals surface area contributed by atoms with Crippen LogP contribution in [0.15, 0.2) is 24.3 Å². The third-order valence-corrected chi connectivity index (χ3v) is 3.40. The molecule has 1 aliphatic heterocycles. The predicted molar refractivity (Wildman–Crippen MR) is 65.9 cm³/mol. The third-order valence-electron chi connectivity index (χ3n) is 2.73. The molecule has 0 N–H and O–H groups in total. The fourth-order valence-electron chi connectivity index (χ4n) is 1.86. The van der Waals surface area contributed by atoms with Crippen molar-refractivity contribution in [1.29, 1.82) is 0 Å². The molecule has 0 saturated heterocycles. The minimum Gasteiger partial charge on any atom is -0.468 e. The van der Waals surface area contributed by atoms with Gasteiger partial charge in [0.15, 0.2) is 0 Å². The van der Waals surface area contributed by atoms with E-state index >= 15 is 0 Å². The zero-order valence-corrected chi connectivity index (χ0v) is 10.9. The van der Waals surface area contributed by atoms with Gasteiger partial charge in [0, 0.05) is 18.7 Å². The lowest BCUT2D eigenvalue weighted by molar-refractivity contribution is -0.140. The van der Waals surface area contributed by atoms with Crippen LogP contribution in [0, 0.1) is 0 Å². The third kappa shape index (κ3) is 2.34. The van der Waals surface area contributed by atoms with Crippen molar-refractivity contribution in [3.8, 4) is 0 Å². The van der Waals surface area contributed by atoms with Crippen LogP contribution in [0.4, 0.5) is 0 Å². The Morgan fingerprint density at radius 2 is 2.24 bits per heavy atom. The van der Waals surface area contributed by atoms with Gasteiger partial charge in [-0.15, -0.1) is 0 Å². The second-order valence-electron chi connectivity index (χ2n) is 3.83. The largest absolute Gasteiger partial charge is 0.468 e. The number of hydrogen-bond acceptors (Lipinski definition) is 3. The highest BCUT2D eigenvalue weighted by Gasteiger charge is 2.30. The maximum Gasteiger partial charge on any atom is 0.321 e. The van der Waals surface area contributed by atoms with Gasteiger partial charge in [-0.25, -0.2) is 0 Å². The van der Waals surface area contributed by atoms with Crippen molar-refractivity contribution in [1.82, 2.24) is 4.90 Å². The highest BCUT2D eigenvalue weighted by molar-refractivity contribution is 9.10. The maximum absolute atomic E-state index is 12.0. The number of carbonyl (C=O) groups is 2. The fraction of sp³-hybridized carbons (Fsp3) is 0.333. The molecular formula is C12H12BrNO3. The number of fused-ring (bicyclic) bond motifs is 1. The summed E-state index contributed by atoms with van der Waals surface area (Å²) in [5.74, 6) is -0.400. The Labute approximate surface area is 108 Å². The molecule has 1 aromatic rings. The van der Waals surface area contributed by atoms with Crippen LogP contribution in [-0.2, 0) is 16.1 Å². The summed E-state index contributed by atoms with van der Waals surface area (Å²) in [4.78, 5) is 24.4. The van der Waals surface area contributed by atoms with Gasteiger partial charge in [0.05, 0.1) is 7.11 Å². The molecule has 1 heterocycles. The second kappa shape index (κ2) is 4.87. The highest BCUT2D eigenvalue weighted by atomic mass is 79.9. The number of amides is 1. The van der Waals surface area contributed by atoms with Crippen molar-refractivity contribution in [2.24, 2.45) is 0 Å². The van der Waals surface area contributed by atoms with Crippen LogP contribution in [0.5, 0.6) is 0 Å². The minimum absolute atomic E-state index is 0.0334. The summed E-state index contributed by atoms with van der Waals surface area (Å²) in [6, 6.07) is 7.47. The van der Waals surface area contributed by atoms with E-state index in [1.165, 1.54) is 7.11 Å².